The molecule has 3 N–H and O–H groups in total. The predicted octanol–water partition coefficient (Wildman–Crippen LogP) is 4.61. The van der Waals surface area contributed by atoms with Crippen LogP contribution in [0.25, 0.3) is 11.1 Å². The van der Waals surface area contributed by atoms with Gasteiger partial charge in [0.15, 0.2) is 5.67 Å². The predicted molar refractivity (Wildman–Crippen MR) is 183 cm³/mol. The summed E-state index contributed by atoms with van der Waals surface area (Å²) in [6, 6.07) is 13.4. The summed E-state index contributed by atoms with van der Waals surface area (Å²) >= 11 is 0. The zero-order valence-corrected chi connectivity index (χ0v) is 28.5. The Labute approximate surface area is 284 Å². The number of hydrogen-bond acceptors (Lipinski definition) is 9. The molecule has 1 unspecified atom stereocenters. The molecule has 49 heavy (non-hydrogen) atoms. The number of fused-ring (bicyclic) bond motifs is 1. The van der Waals surface area contributed by atoms with Crippen LogP contribution in [0.5, 0.6) is 5.75 Å². The number of hydrogen-bond donors (Lipinski definition) is 3. The molecule has 0 saturated carbocycles. The first-order chi connectivity index (χ1) is 23.5. The van der Waals surface area contributed by atoms with E-state index < -0.39 is 30.9 Å². The number of benzene rings is 2. The zero-order valence-electron chi connectivity index (χ0n) is 28.5. The van der Waals surface area contributed by atoms with Crippen LogP contribution < -0.4 is 15.4 Å². The number of halogens is 1. The van der Waals surface area contributed by atoms with Crippen LogP contribution in [0.3, 0.4) is 0 Å². The molecule has 1 fully saturated rings. The molecule has 1 atom stereocenters. The van der Waals surface area contributed by atoms with Crippen molar-refractivity contribution in [2.75, 3.05) is 51.1 Å². The lowest BCUT2D eigenvalue weighted by Gasteiger charge is -2.35. The van der Waals surface area contributed by atoms with Crippen molar-refractivity contribution in [2.24, 2.45) is 7.05 Å². The Balaban J connectivity index is 1.17. The molecule has 1 saturated heterocycles. The minimum atomic E-state index is -2.06. The SMILES string of the molecule is COc1cc(C(=O)Nc2cccc(-c3cccc(NCc4nc5c(n4C)CCN(C)C5)c3C)c2C)ncc1CN1CC(F)(CO)COC1=O. The number of pyridine rings is 1. The van der Waals surface area contributed by atoms with Crippen molar-refractivity contribution in [1.29, 1.82) is 0 Å². The van der Waals surface area contributed by atoms with E-state index in [4.69, 9.17) is 14.5 Å². The number of nitrogens with one attached hydrogen (secondary N) is 2. The number of imidazole rings is 1. The van der Waals surface area contributed by atoms with Gasteiger partial charge in [-0.05, 0) is 55.3 Å². The quantitative estimate of drug-likeness (QED) is 0.221. The third-order valence-corrected chi connectivity index (χ3v) is 9.41. The van der Waals surface area contributed by atoms with Crippen molar-refractivity contribution >= 4 is 23.4 Å². The molecule has 2 aromatic heterocycles. The van der Waals surface area contributed by atoms with Crippen LogP contribution in [0.15, 0.2) is 48.7 Å². The number of alkyl halides is 1. The summed E-state index contributed by atoms with van der Waals surface area (Å²) in [5, 5.41) is 16.0. The van der Waals surface area contributed by atoms with E-state index >= 15 is 0 Å². The number of likely N-dealkylation sites (N-methyl/N-ethyl adjacent to an activating group) is 1. The standard InChI is InChI=1S/C36H42FN7O5/c1-22-25(8-6-10-27(22)39-16-33-40-30-18-42(3)13-12-31(30)43(33)4)26-9-7-11-28(23(26)2)41-34(46)29-14-32(48-5)24(15-38-29)17-44-19-36(37,20-45)21-49-35(44)47/h6-11,14-15,39,45H,12-13,16-21H2,1-5H3,(H,41,46). The number of amides is 2. The van der Waals surface area contributed by atoms with Crippen molar-refractivity contribution < 1.29 is 28.6 Å². The number of cyclic esters (lactones) is 1. The van der Waals surface area contributed by atoms with Gasteiger partial charge in [-0.3, -0.25) is 9.78 Å². The first-order valence-corrected chi connectivity index (χ1v) is 16.2. The Morgan fingerprint density at radius 1 is 1.12 bits per heavy atom. The number of carbonyl (C=O) groups excluding carboxylic acids is 2. The van der Waals surface area contributed by atoms with E-state index in [-0.39, 0.29) is 18.8 Å². The van der Waals surface area contributed by atoms with Crippen LogP contribution in [0.4, 0.5) is 20.6 Å². The highest BCUT2D eigenvalue weighted by molar-refractivity contribution is 6.04. The van der Waals surface area contributed by atoms with Crippen LogP contribution >= 0.6 is 0 Å². The summed E-state index contributed by atoms with van der Waals surface area (Å²) in [7, 11) is 5.64. The molecule has 0 spiro atoms. The van der Waals surface area contributed by atoms with E-state index in [1.54, 1.807) is 0 Å². The van der Waals surface area contributed by atoms with Gasteiger partial charge in [0.1, 0.15) is 23.9 Å². The Bertz CT molecular complexity index is 1900. The van der Waals surface area contributed by atoms with Gasteiger partial charge >= 0.3 is 6.09 Å². The molecule has 13 heteroatoms. The summed E-state index contributed by atoms with van der Waals surface area (Å²) in [5.41, 5.74) is 6.58. The van der Waals surface area contributed by atoms with Gasteiger partial charge < -0.3 is 39.6 Å². The van der Waals surface area contributed by atoms with Gasteiger partial charge in [0.2, 0.25) is 0 Å². The molecule has 6 rings (SSSR count). The summed E-state index contributed by atoms with van der Waals surface area (Å²) in [4.78, 5) is 38.3. The molecule has 0 aliphatic carbocycles. The van der Waals surface area contributed by atoms with Crippen molar-refractivity contribution in [3.63, 3.8) is 0 Å². The fraction of sp³-hybridized carbons (Fsp3) is 0.389. The Morgan fingerprint density at radius 3 is 2.55 bits per heavy atom. The Morgan fingerprint density at radius 2 is 1.84 bits per heavy atom. The van der Waals surface area contributed by atoms with Gasteiger partial charge in [0.05, 0.1) is 39.0 Å². The zero-order chi connectivity index (χ0) is 34.9. The molecule has 2 aliphatic heterocycles. The van der Waals surface area contributed by atoms with Crippen molar-refractivity contribution in [2.45, 2.75) is 45.6 Å². The lowest BCUT2D eigenvalue weighted by atomic mass is 9.94. The smallest absolute Gasteiger partial charge is 0.410 e. The minimum Gasteiger partial charge on any atom is -0.496 e. The van der Waals surface area contributed by atoms with E-state index in [2.05, 4.69) is 58.2 Å². The summed E-state index contributed by atoms with van der Waals surface area (Å²) in [6.07, 6.45) is 1.70. The maximum Gasteiger partial charge on any atom is 0.410 e. The molecule has 4 heterocycles. The first-order valence-electron chi connectivity index (χ1n) is 16.2. The monoisotopic (exact) mass is 671 g/mol. The number of carbonyl (C=O) groups is 2. The summed E-state index contributed by atoms with van der Waals surface area (Å²) in [6.45, 7) is 4.84. The molecule has 4 aromatic rings. The second kappa shape index (κ2) is 13.8. The molecule has 2 amide bonds. The second-order valence-corrected chi connectivity index (χ2v) is 12.8. The number of methoxy groups -OCH3 is 1. The second-order valence-electron chi connectivity index (χ2n) is 12.8. The number of anilines is 2. The van der Waals surface area contributed by atoms with E-state index in [9.17, 15) is 19.1 Å². The maximum absolute atomic E-state index is 14.7. The summed E-state index contributed by atoms with van der Waals surface area (Å²) in [5.74, 6) is 0.860. The van der Waals surface area contributed by atoms with Crippen LogP contribution in [0.2, 0.25) is 0 Å². The maximum atomic E-state index is 14.7. The normalized spacial score (nSPS) is 17.8. The van der Waals surface area contributed by atoms with Crippen LogP contribution in [0, 0.1) is 13.8 Å². The molecule has 12 nitrogen and oxygen atoms in total. The van der Waals surface area contributed by atoms with Gasteiger partial charge in [0, 0.05) is 61.5 Å². The molecular weight excluding hydrogens is 629 g/mol. The van der Waals surface area contributed by atoms with Crippen molar-refractivity contribution in [3.8, 4) is 16.9 Å². The fourth-order valence-electron chi connectivity index (χ4n) is 6.47. The third kappa shape index (κ3) is 6.94. The highest BCUT2D eigenvalue weighted by Crippen LogP contribution is 2.34. The molecule has 0 bridgehead atoms. The number of aliphatic hydroxyl groups excluding tert-OH is 1. The molecule has 2 aromatic carbocycles. The number of ether oxygens (including phenoxy) is 2. The molecular formula is C36H42FN7O5. The summed E-state index contributed by atoms with van der Waals surface area (Å²) < 4.78 is 27.3. The fourth-order valence-corrected chi connectivity index (χ4v) is 6.47. The largest absolute Gasteiger partial charge is 0.496 e. The van der Waals surface area contributed by atoms with Crippen LogP contribution in [-0.2, 0) is 37.8 Å². The molecule has 0 radical (unpaired) electrons. The van der Waals surface area contributed by atoms with Crippen molar-refractivity contribution in [1.82, 2.24) is 24.3 Å². The van der Waals surface area contributed by atoms with Gasteiger partial charge in [-0.25, -0.2) is 14.2 Å². The Hall–Kier alpha value is -5.01. The van der Waals surface area contributed by atoms with E-state index in [0.29, 0.717) is 23.5 Å². The van der Waals surface area contributed by atoms with Crippen LogP contribution in [0.1, 0.15) is 44.4 Å². The molecule has 2 aliphatic rings. The number of nitrogens with zero attached hydrogens (tertiary/aromatic N) is 5. The Kier molecular flexibility index (Phi) is 9.57. The lowest BCUT2D eigenvalue weighted by Crippen LogP contribution is -2.53. The average Bonchev–Trinajstić information content (AvgIpc) is 3.40. The molecule has 258 valence electrons. The van der Waals surface area contributed by atoms with Gasteiger partial charge in [-0.2, -0.15) is 0 Å². The third-order valence-electron chi connectivity index (χ3n) is 9.41. The van der Waals surface area contributed by atoms with E-state index in [1.807, 2.05) is 31.2 Å². The average molecular weight is 672 g/mol. The number of rotatable bonds is 10. The number of aromatic nitrogens is 3. The minimum absolute atomic E-state index is 0.0711. The van der Waals surface area contributed by atoms with Crippen molar-refractivity contribution in [3.05, 3.63) is 88.3 Å². The highest BCUT2D eigenvalue weighted by atomic mass is 19.1. The van der Waals surface area contributed by atoms with E-state index in [0.717, 1.165) is 63.9 Å². The lowest BCUT2D eigenvalue weighted by molar-refractivity contribution is -0.0564. The topological polar surface area (TPSA) is 134 Å². The van der Waals surface area contributed by atoms with Crippen LogP contribution in [-0.4, -0.2) is 87.6 Å². The van der Waals surface area contributed by atoms with Gasteiger partial charge in [-0.15, -0.1) is 0 Å². The first kappa shape index (κ1) is 33.9. The van der Waals surface area contributed by atoms with Gasteiger partial charge in [-0.1, -0.05) is 24.3 Å². The van der Waals surface area contributed by atoms with E-state index in [1.165, 1.54) is 25.1 Å². The highest BCUT2D eigenvalue weighted by Gasteiger charge is 2.40. The van der Waals surface area contributed by atoms with Gasteiger partial charge in [0.25, 0.3) is 5.91 Å². The number of aliphatic hydroxyl groups is 1.